The lowest BCUT2D eigenvalue weighted by Gasteiger charge is -2.16. The van der Waals surface area contributed by atoms with Crippen molar-refractivity contribution in [1.29, 1.82) is 0 Å². The summed E-state index contributed by atoms with van der Waals surface area (Å²) in [4.78, 5) is 0. The van der Waals surface area contributed by atoms with Crippen LogP contribution in [0, 0.1) is 0 Å². The highest BCUT2D eigenvalue weighted by atomic mass is 16.3. The van der Waals surface area contributed by atoms with E-state index >= 15 is 0 Å². The maximum absolute atomic E-state index is 9.31. The van der Waals surface area contributed by atoms with Gasteiger partial charge in [0.15, 0.2) is 0 Å². The molecule has 0 bridgehead atoms. The van der Waals surface area contributed by atoms with E-state index in [4.69, 9.17) is 0 Å². The number of nitrogens with one attached hydrogen (secondary N) is 1. The number of anilines is 1. The third-order valence-corrected chi connectivity index (χ3v) is 3.55. The van der Waals surface area contributed by atoms with Crippen molar-refractivity contribution in [3.05, 3.63) is 59.7 Å². The SMILES string of the molecule is CCCCc1ccc(NC(C)c2ccc(O)cc2)cc1. The third kappa shape index (κ3) is 4.02. The molecule has 0 amide bonds. The summed E-state index contributed by atoms with van der Waals surface area (Å²) in [6.45, 7) is 4.34. The van der Waals surface area contributed by atoms with Crippen LogP contribution in [0.5, 0.6) is 5.75 Å². The van der Waals surface area contributed by atoms with Gasteiger partial charge in [0, 0.05) is 11.7 Å². The van der Waals surface area contributed by atoms with Crippen LogP contribution in [0.25, 0.3) is 0 Å². The Morgan fingerprint density at radius 3 is 2.25 bits per heavy atom. The maximum Gasteiger partial charge on any atom is 0.115 e. The molecule has 0 saturated carbocycles. The van der Waals surface area contributed by atoms with Crippen molar-refractivity contribution in [2.24, 2.45) is 0 Å². The lowest BCUT2D eigenvalue weighted by atomic mass is 10.1. The Morgan fingerprint density at radius 1 is 1.00 bits per heavy atom. The van der Waals surface area contributed by atoms with Gasteiger partial charge in [-0.15, -0.1) is 0 Å². The van der Waals surface area contributed by atoms with Gasteiger partial charge in [-0.3, -0.25) is 0 Å². The van der Waals surface area contributed by atoms with E-state index in [2.05, 4.69) is 43.4 Å². The van der Waals surface area contributed by atoms with Gasteiger partial charge in [-0.05, 0) is 55.2 Å². The molecular weight excluding hydrogens is 246 g/mol. The summed E-state index contributed by atoms with van der Waals surface area (Å²) in [7, 11) is 0. The molecule has 0 aliphatic rings. The average molecular weight is 269 g/mol. The van der Waals surface area contributed by atoms with Crippen LogP contribution in [-0.4, -0.2) is 5.11 Å². The van der Waals surface area contributed by atoms with Crippen molar-refractivity contribution in [1.82, 2.24) is 0 Å². The van der Waals surface area contributed by atoms with Gasteiger partial charge >= 0.3 is 0 Å². The summed E-state index contributed by atoms with van der Waals surface area (Å²) >= 11 is 0. The smallest absolute Gasteiger partial charge is 0.115 e. The molecule has 106 valence electrons. The minimum atomic E-state index is 0.220. The highest BCUT2D eigenvalue weighted by molar-refractivity contribution is 5.47. The molecule has 2 aromatic rings. The number of hydrogen-bond acceptors (Lipinski definition) is 2. The fourth-order valence-corrected chi connectivity index (χ4v) is 2.24. The Labute approximate surface area is 121 Å². The van der Waals surface area contributed by atoms with Crippen LogP contribution >= 0.6 is 0 Å². The summed E-state index contributed by atoms with van der Waals surface area (Å²) in [5.74, 6) is 0.307. The van der Waals surface area contributed by atoms with Crippen molar-refractivity contribution < 1.29 is 5.11 Å². The minimum Gasteiger partial charge on any atom is -0.508 e. The molecule has 0 fully saturated rings. The number of phenolic OH excluding ortho intramolecular Hbond substituents is 1. The monoisotopic (exact) mass is 269 g/mol. The van der Waals surface area contributed by atoms with Crippen LogP contribution in [-0.2, 0) is 6.42 Å². The number of aromatic hydroxyl groups is 1. The van der Waals surface area contributed by atoms with E-state index in [1.165, 1.54) is 18.4 Å². The molecule has 0 aliphatic heterocycles. The molecule has 2 N–H and O–H groups in total. The van der Waals surface area contributed by atoms with Crippen LogP contribution in [0.2, 0.25) is 0 Å². The van der Waals surface area contributed by atoms with E-state index in [0.29, 0.717) is 5.75 Å². The van der Waals surface area contributed by atoms with Crippen molar-refractivity contribution in [2.45, 2.75) is 39.2 Å². The van der Waals surface area contributed by atoms with Gasteiger partial charge in [0.25, 0.3) is 0 Å². The quantitative estimate of drug-likeness (QED) is 0.781. The number of phenols is 1. The Bertz CT molecular complexity index is 516. The van der Waals surface area contributed by atoms with Crippen LogP contribution in [0.1, 0.15) is 43.9 Å². The predicted molar refractivity (Wildman–Crippen MR) is 85.2 cm³/mol. The maximum atomic E-state index is 9.31. The van der Waals surface area contributed by atoms with Gasteiger partial charge < -0.3 is 10.4 Å². The lowest BCUT2D eigenvalue weighted by Crippen LogP contribution is -2.06. The van der Waals surface area contributed by atoms with Crippen LogP contribution in [0.15, 0.2) is 48.5 Å². The molecule has 2 aromatic carbocycles. The van der Waals surface area contributed by atoms with Crippen molar-refractivity contribution >= 4 is 5.69 Å². The van der Waals surface area contributed by atoms with E-state index in [9.17, 15) is 5.11 Å². The standard InChI is InChI=1S/C18H23NO/c1-3-4-5-15-6-10-17(11-7-15)19-14(2)16-8-12-18(20)13-9-16/h6-14,19-20H,3-5H2,1-2H3. The molecule has 0 heterocycles. The normalized spacial score (nSPS) is 12.1. The fourth-order valence-electron chi connectivity index (χ4n) is 2.24. The van der Waals surface area contributed by atoms with Gasteiger partial charge in [-0.2, -0.15) is 0 Å². The van der Waals surface area contributed by atoms with Gasteiger partial charge in [0.1, 0.15) is 5.75 Å². The Balaban J connectivity index is 1.97. The van der Waals surface area contributed by atoms with Gasteiger partial charge in [0.05, 0.1) is 0 Å². The molecular formula is C18H23NO. The van der Waals surface area contributed by atoms with Gasteiger partial charge in [0.2, 0.25) is 0 Å². The average Bonchev–Trinajstić information content (AvgIpc) is 2.47. The lowest BCUT2D eigenvalue weighted by molar-refractivity contribution is 0.475. The van der Waals surface area contributed by atoms with Crippen LogP contribution in [0.3, 0.4) is 0 Å². The second-order valence-electron chi connectivity index (χ2n) is 5.26. The van der Waals surface area contributed by atoms with Crippen LogP contribution < -0.4 is 5.32 Å². The summed E-state index contributed by atoms with van der Waals surface area (Å²) in [6, 6.07) is 16.2. The molecule has 1 unspecified atom stereocenters. The Hall–Kier alpha value is -1.96. The number of rotatable bonds is 6. The van der Waals surface area contributed by atoms with E-state index in [0.717, 1.165) is 17.7 Å². The number of unbranched alkanes of at least 4 members (excludes halogenated alkanes) is 1. The summed E-state index contributed by atoms with van der Waals surface area (Å²) < 4.78 is 0. The number of hydrogen-bond donors (Lipinski definition) is 2. The first-order valence-corrected chi connectivity index (χ1v) is 7.33. The molecule has 0 aromatic heterocycles. The van der Waals surface area contributed by atoms with E-state index in [1.54, 1.807) is 12.1 Å². The first kappa shape index (κ1) is 14.4. The molecule has 2 nitrogen and oxygen atoms in total. The molecule has 20 heavy (non-hydrogen) atoms. The van der Waals surface area contributed by atoms with E-state index in [1.807, 2.05) is 12.1 Å². The predicted octanol–water partition coefficient (Wildman–Crippen LogP) is 4.91. The van der Waals surface area contributed by atoms with Crippen LogP contribution in [0.4, 0.5) is 5.69 Å². The molecule has 2 rings (SSSR count). The van der Waals surface area contributed by atoms with E-state index in [-0.39, 0.29) is 6.04 Å². The van der Waals surface area contributed by atoms with Gasteiger partial charge in [-0.1, -0.05) is 37.6 Å². The highest BCUT2D eigenvalue weighted by Crippen LogP contribution is 2.21. The zero-order valence-electron chi connectivity index (χ0n) is 12.3. The zero-order chi connectivity index (χ0) is 14.4. The van der Waals surface area contributed by atoms with Crippen molar-refractivity contribution in [2.75, 3.05) is 5.32 Å². The Morgan fingerprint density at radius 2 is 1.65 bits per heavy atom. The topological polar surface area (TPSA) is 32.3 Å². The highest BCUT2D eigenvalue weighted by Gasteiger charge is 2.05. The first-order chi connectivity index (χ1) is 9.69. The summed E-state index contributed by atoms with van der Waals surface area (Å²) in [5, 5.41) is 12.8. The molecule has 2 heteroatoms. The minimum absolute atomic E-state index is 0.220. The second kappa shape index (κ2) is 6.99. The Kier molecular flexibility index (Phi) is 5.05. The van der Waals surface area contributed by atoms with Crippen molar-refractivity contribution in [3.63, 3.8) is 0 Å². The largest absolute Gasteiger partial charge is 0.508 e. The van der Waals surface area contributed by atoms with E-state index < -0.39 is 0 Å². The van der Waals surface area contributed by atoms with Crippen molar-refractivity contribution in [3.8, 4) is 5.75 Å². The number of benzene rings is 2. The second-order valence-corrected chi connectivity index (χ2v) is 5.26. The molecule has 0 radical (unpaired) electrons. The molecule has 0 aliphatic carbocycles. The fraction of sp³-hybridized carbons (Fsp3) is 0.333. The first-order valence-electron chi connectivity index (χ1n) is 7.33. The third-order valence-electron chi connectivity index (χ3n) is 3.55. The summed E-state index contributed by atoms with van der Waals surface area (Å²) in [5.41, 5.74) is 3.69. The van der Waals surface area contributed by atoms with Gasteiger partial charge in [-0.25, -0.2) is 0 Å². The molecule has 0 saturated heterocycles. The number of aryl methyl sites for hydroxylation is 1. The summed E-state index contributed by atoms with van der Waals surface area (Å²) in [6.07, 6.45) is 3.64. The molecule has 1 atom stereocenters. The molecule has 0 spiro atoms. The zero-order valence-corrected chi connectivity index (χ0v) is 12.3.